The van der Waals surface area contributed by atoms with Crippen LogP contribution in [0.5, 0.6) is 0 Å². The first-order chi connectivity index (χ1) is 11.5. The van der Waals surface area contributed by atoms with Crippen molar-refractivity contribution in [3.05, 3.63) is 0 Å². The predicted molar refractivity (Wildman–Crippen MR) is 100 cm³/mol. The summed E-state index contributed by atoms with van der Waals surface area (Å²) in [7, 11) is 0. The zero-order valence-corrected chi connectivity index (χ0v) is 16.1. The minimum atomic E-state index is -0.951. The van der Waals surface area contributed by atoms with E-state index in [2.05, 4.69) is 12.2 Å². The Morgan fingerprint density at radius 1 is 0.792 bits per heavy atom. The maximum atomic E-state index is 11.8. The van der Waals surface area contributed by atoms with Gasteiger partial charge >= 0.3 is 5.97 Å². The average Bonchev–Trinajstić information content (AvgIpc) is 2.53. The lowest BCUT2D eigenvalue weighted by Crippen LogP contribution is -2.44. The first-order valence-electron chi connectivity index (χ1n) is 10.0. The summed E-state index contributed by atoms with van der Waals surface area (Å²) in [6.07, 6.45) is 15.6. The van der Waals surface area contributed by atoms with Crippen LogP contribution in [0.25, 0.3) is 0 Å². The number of nitrogens with one attached hydrogen (secondary N) is 1. The summed E-state index contributed by atoms with van der Waals surface area (Å²) in [6.45, 7) is 5.87. The van der Waals surface area contributed by atoms with E-state index in [-0.39, 0.29) is 11.8 Å². The van der Waals surface area contributed by atoms with Crippen LogP contribution < -0.4 is 5.32 Å². The predicted octanol–water partition coefficient (Wildman–Crippen LogP) is 5.30. The maximum Gasteiger partial charge on any atom is 0.326 e. The summed E-state index contributed by atoms with van der Waals surface area (Å²) in [5.74, 6) is -1.18. The largest absolute Gasteiger partial charge is 0.480 e. The third-order valence-electron chi connectivity index (χ3n) is 4.51. The first-order valence-corrected chi connectivity index (χ1v) is 10.0. The van der Waals surface area contributed by atoms with Gasteiger partial charge in [-0.1, -0.05) is 91.4 Å². The molecule has 1 unspecified atom stereocenters. The van der Waals surface area contributed by atoms with Gasteiger partial charge in [-0.3, -0.25) is 4.79 Å². The minimum Gasteiger partial charge on any atom is -0.480 e. The Morgan fingerprint density at radius 2 is 1.21 bits per heavy atom. The molecule has 24 heavy (non-hydrogen) atoms. The SMILES string of the molecule is CCCCCCCCCCCCCCC(=O)NC(C(=O)O)C(C)C. The molecule has 0 bridgehead atoms. The summed E-state index contributed by atoms with van der Waals surface area (Å²) < 4.78 is 0. The van der Waals surface area contributed by atoms with Gasteiger partial charge in [0.25, 0.3) is 0 Å². The van der Waals surface area contributed by atoms with Crippen molar-refractivity contribution < 1.29 is 14.7 Å². The number of rotatable bonds is 16. The summed E-state index contributed by atoms with van der Waals surface area (Å²) in [5.41, 5.74) is 0. The van der Waals surface area contributed by atoms with E-state index < -0.39 is 12.0 Å². The lowest BCUT2D eigenvalue weighted by Gasteiger charge is -2.17. The van der Waals surface area contributed by atoms with Crippen molar-refractivity contribution in [1.29, 1.82) is 0 Å². The molecule has 0 radical (unpaired) electrons. The monoisotopic (exact) mass is 341 g/mol. The van der Waals surface area contributed by atoms with Crippen molar-refractivity contribution in [3.63, 3.8) is 0 Å². The van der Waals surface area contributed by atoms with Crippen LogP contribution in [-0.4, -0.2) is 23.0 Å². The van der Waals surface area contributed by atoms with E-state index >= 15 is 0 Å². The van der Waals surface area contributed by atoms with Crippen LogP contribution in [0, 0.1) is 5.92 Å². The van der Waals surface area contributed by atoms with Gasteiger partial charge < -0.3 is 10.4 Å². The number of carboxylic acid groups (broad SMARTS) is 1. The van der Waals surface area contributed by atoms with Crippen molar-refractivity contribution >= 4 is 11.9 Å². The fourth-order valence-corrected chi connectivity index (χ4v) is 2.89. The quantitative estimate of drug-likeness (QED) is 0.374. The van der Waals surface area contributed by atoms with E-state index in [0.717, 1.165) is 12.8 Å². The number of carbonyl (C=O) groups excluding carboxylic acids is 1. The fraction of sp³-hybridized carbons (Fsp3) is 0.900. The molecule has 0 heterocycles. The van der Waals surface area contributed by atoms with Crippen LogP contribution in [0.15, 0.2) is 0 Å². The van der Waals surface area contributed by atoms with Crippen LogP contribution in [0.2, 0.25) is 0 Å². The number of aliphatic carboxylic acids is 1. The summed E-state index contributed by atoms with van der Waals surface area (Å²) >= 11 is 0. The van der Waals surface area contributed by atoms with E-state index in [0.29, 0.717) is 6.42 Å². The molecule has 0 aliphatic rings. The molecule has 4 heteroatoms. The van der Waals surface area contributed by atoms with E-state index in [1.807, 2.05) is 13.8 Å². The Bertz CT molecular complexity index is 329. The topological polar surface area (TPSA) is 66.4 Å². The molecular formula is C20H39NO3. The van der Waals surface area contributed by atoms with Gasteiger partial charge in [0, 0.05) is 6.42 Å². The highest BCUT2D eigenvalue weighted by atomic mass is 16.4. The Kier molecular flexibility index (Phi) is 14.8. The molecule has 1 atom stereocenters. The normalized spacial score (nSPS) is 12.3. The summed E-state index contributed by atoms with van der Waals surface area (Å²) in [5, 5.41) is 11.7. The molecule has 1 amide bonds. The fourth-order valence-electron chi connectivity index (χ4n) is 2.89. The average molecular weight is 342 g/mol. The van der Waals surface area contributed by atoms with Gasteiger partial charge in [-0.25, -0.2) is 4.79 Å². The lowest BCUT2D eigenvalue weighted by molar-refractivity contribution is -0.143. The Morgan fingerprint density at radius 3 is 1.58 bits per heavy atom. The smallest absolute Gasteiger partial charge is 0.326 e. The molecule has 0 rings (SSSR count). The van der Waals surface area contributed by atoms with Crippen LogP contribution in [0.1, 0.15) is 104 Å². The lowest BCUT2D eigenvalue weighted by atomic mass is 10.0. The highest BCUT2D eigenvalue weighted by molar-refractivity contribution is 5.83. The minimum absolute atomic E-state index is 0.0894. The van der Waals surface area contributed by atoms with Gasteiger partial charge in [-0.15, -0.1) is 0 Å². The van der Waals surface area contributed by atoms with Crippen molar-refractivity contribution in [1.82, 2.24) is 5.32 Å². The van der Waals surface area contributed by atoms with Gasteiger partial charge in [-0.2, -0.15) is 0 Å². The molecule has 0 aromatic heterocycles. The van der Waals surface area contributed by atoms with Crippen LogP contribution in [0.3, 0.4) is 0 Å². The van der Waals surface area contributed by atoms with E-state index in [9.17, 15) is 9.59 Å². The van der Waals surface area contributed by atoms with Crippen molar-refractivity contribution in [2.24, 2.45) is 5.92 Å². The molecule has 142 valence electrons. The highest BCUT2D eigenvalue weighted by Gasteiger charge is 2.22. The number of amides is 1. The highest BCUT2D eigenvalue weighted by Crippen LogP contribution is 2.12. The number of carbonyl (C=O) groups is 2. The molecule has 0 aliphatic heterocycles. The molecule has 0 saturated carbocycles. The molecule has 0 saturated heterocycles. The van der Waals surface area contributed by atoms with Crippen LogP contribution >= 0.6 is 0 Å². The molecule has 0 fully saturated rings. The first kappa shape index (κ1) is 22.9. The third-order valence-corrected chi connectivity index (χ3v) is 4.51. The molecule has 4 nitrogen and oxygen atoms in total. The number of hydrogen-bond donors (Lipinski definition) is 2. The number of unbranched alkanes of at least 4 members (excludes halogenated alkanes) is 11. The standard InChI is InChI=1S/C20H39NO3/c1-4-5-6-7-8-9-10-11-12-13-14-15-16-18(22)21-19(17(2)3)20(23)24/h17,19H,4-16H2,1-3H3,(H,21,22)(H,23,24). The number of hydrogen-bond acceptors (Lipinski definition) is 2. The van der Waals surface area contributed by atoms with Gasteiger partial charge in [0.1, 0.15) is 6.04 Å². The molecule has 2 N–H and O–H groups in total. The van der Waals surface area contributed by atoms with Crippen molar-refractivity contribution in [2.45, 2.75) is 110 Å². The van der Waals surface area contributed by atoms with Gasteiger partial charge in [0.15, 0.2) is 0 Å². The Labute approximate surface area is 148 Å². The van der Waals surface area contributed by atoms with Crippen molar-refractivity contribution in [3.8, 4) is 0 Å². The zero-order valence-electron chi connectivity index (χ0n) is 16.1. The Balaban J connectivity index is 3.43. The second-order valence-electron chi connectivity index (χ2n) is 7.27. The molecule has 0 aromatic rings. The second kappa shape index (κ2) is 15.5. The molecule has 0 spiro atoms. The molecule has 0 aromatic carbocycles. The molecular weight excluding hydrogens is 302 g/mol. The number of carboxylic acids is 1. The van der Waals surface area contributed by atoms with E-state index in [1.165, 1.54) is 64.2 Å². The third kappa shape index (κ3) is 13.4. The van der Waals surface area contributed by atoms with E-state index in [4.69, 9.17) is 5.11 Å². The zero-order chi connectivity index (χ0) is 18.2. The Hall–Kier alpha value is -1.06. The van der Waals surface area contributed by atoms with Gasteiger partial charge in [0.05, 0.1) is 0 Å². The van der Waals surface area contributed by atoms with Gasteiger partial charge in [-0.05, 0) is 12.3 Å². The van der Waals surface area contributed by atoms with E-state index in [1.54, 1.807) is 0 Å². The second-order valence-corrected chi connectivity index (χ2v) is 7.27. The summed E-state index contributed by atoms with van der Waals surface area (Å²) in [4.78, 5) is 22.8. The summed E-state index contributed by atoms with van der Waals surface area (Å²) in [6, 6.07) is -0.769. The maximum absolute atomic E-state index is 11.8. The van der Waals surface area contributed by atoms with Crippen molar-refractivity contribution in [2.75, 3.05) is 0 Å². The van der Waals surface area contributed by atoms with Gasteiger partial charge in [0.2, 0.25) is 5.91 Å². The van der Waals surface area contributed by atoms with Crippen LogP contribution in [-0.2, 0) is 9.59 Å². The molecule has 0 aliphatic carbocycles. The van der Waals surface area contributed by atoms with Crippen LogP contribution in [0.4, 0.5) is 0 Å².